The highest BCUT2D eigenvalue weighted by molar-refractivity contribution is 8.27. The number of amides is 1. The van der Waals surface area contributed by atoms with Crippen molar-refractivity contribution in [2.75, 3.05) is 26.2 Å². The normalized spacial score (nSPS) is 15.1. The summed E-state index contributed by atoms with van der Waals surface area (Å²) in [7, 11) is 4.45. The molecule has 0 aliphatic carbocycles. The van der Waals surface area contributed by atoms with Gasteiger partial charge >= 0.3 is 5.97 Å². The van der Waals surface area contributed by atoms with Gasteiger partial charge in [-0.25, -0.2) is 4.79 Å². The van der Waals surface area contributed by atoms with Gasteiger partial charge in [0.15, 0.2) is 4.32 Å². The minimum Gasteiger partial charge on any atom is -0.497 e. The highest BCUT2D eigenvalue weighted by atomic mass is 32.2. The average molecular weight is 415 g/mol. The second-order valence-electron chi connectivity index (χ2n) is 5.66. The van der Waals surface area contributed by atoms with Crippen LogP contribution in [0.2, 0.25) is 0 Å². The number of rotatable bonds is 5. The topological polar surface area (TPSA) is 65.1 Å². The quantitative estimate of drug-likeness (QED) is 0.417. The molecule has 0 saturated carbocycles. The summed E-state index contributed by atoms with van der Waals surface area (Å²) >= 11 is 6.59. The summed E-state index contributed by atoms with van der Waals surface area (Å²) in [6.07, 6.45) is 1.73. The van der Waals surface area contributed by atoms with Crippen molar-refractivity contribution < 1.29 is 23.8 Å². The van der Waals surface area contributed by atoms with Gasteiger partial charge in [0.05, 0.1) is 37.5 Å². The van der Waals surface area contributed by atoms with Gasteiger partial charge in [0, 0.05) is 5.56 Å². The third-order valence-corrected chi connectivity index (χ3v) is 5.37. The molecule has 0 N–H and O–H groups in total. The minimum absolute atomic E-state index is 0.245. The Morgan fingerprint density at radius 3 is 2.39 bits per heavy atom. The Morgan fingerprint density at radius 2 is 1.79 bits per heavy atom. The van der Waals surface area contributed by atoms with Gasteiger partial charge in [-0.3, -0.25) is 9.69 Å². The standard InChI is InChI=1S/C20H17NO5S2/c1-24-15-8-9-16(25-2)13(10-15)11-17-18(22)21(20(27)28-17)14-6-4-12(5-7-14)19(23)26-3/h4-11H,1-3H3/b17-11-. The zero-order chi connectivity index (χ0) is 20.3. The van der Waals surface area contributed by atoms with E-state index < -0.39 is 5.97 Å². The molecule has 3 rings (SSSR count). The van der Waals surface area contributed by atoms with Crippen molar-refractivity contribution in [1.29, 1.82) is 0 Å². The van der Waals surface area contributed by atoms with Gasteiger partial charge in [0.1, 0.15) is 11.5 Å². The summed E-state index contributed by atoms with van der Waals surface area (Å²) < 4.78 is 15.7. The summed E-state index contributed by atoms with van der Waals surface area (Å²) in [5, 5.41) is 0. The van der Waals surface area contributed by atoms with E-state index >= 15 is 0 Å². The van der Waals surface area contributed by atoms with E-state index in [1.54, 1.807) is 62.8 Å². The van der Waals surface area contributed by atoms with Crippen LogP contribution in [-0.4, -0.2) is 37.5 Å². The van der Waals surface area contributed by atoms with E-state index in [2.05, 4.69) is 4.74 Å². The van der Waals surface area contributed by atoms with Crippen LogP contribution in [0.5, 0.6) is 11.5 Å². The summed E-state index contributed by atoms with van der Waals surface area (Å²) in [5.41, 5.74) is 1.69. The molecule has 144 valence electrons. The van der Waals surface area contributed by atoms with Gasteiger partial charge < -0.3 is 14.2 Å². The maximum absolute atomic E-state index is 12.9. The lowest BCUT2D eigenvalue weighted by Gasteiger charge is -2.14. The largest absolute Gasteiger partial charge is 0.497 e. The van der Waals surface area contributed by atoms with E-state index in [1.165, 1.54) is 23.8 Å². The molecule has 0 bridgehead atoms. The number of anilines is 1. The van der Waals surface area contributed by atoms with E-state index in [-0.39, 0.29) is 5.91 Å². The molecular formula is C20H17NO5S2. The first kappa shape index (κ1) is 19.9. The molecule has 0 spiro atoms. The van der Waals surface area contributed by atoms with E-state index in [0.29, 0.717) is 37.5 Å². The van der Waals surface area contributed by atoms with Gasteiger partial charge in [0.2, 0.25) is 0 Å². The number of nitrogens with zero attached hydrogens (tertiary/aromatic N) is 1. The number of ether oxygens (including phenoxy) is 3. The van der Waals surface area contributed by atoms with E-state index in [4.69, 9.17) is 21.7 Å². The van der Waals surface area contributed by atoms with Crippen LogP contribution in [0.25, 0.3) is 6.08 Å². The molecule has 8 heteroatoms. The van der Waals surface area contributed by atoms with Crippen LogP contribution in [0.4, 0.5) is 5.69 Å². The molecule has 0 atom stereocenters. The lowest BCUT2D eigenvalue weighted by Crippen LogP contribution is -2.27. The summed E-state index contributed by atoms with van der Waals surface area (Å²) in [6.45, 7) is 0. The van der Waals surface area contributed by atoms with Gasteiger partial charge in [-0.2, -0.15) is 0 Å². The third-order valence-electron chi connectivity index (χ3n) is 4.06. The highest BCUT2D eigenvalue weighted by Crippen LogP contribution is 2.37. The molecule has 28 heavy (non-hydrogen) atoms. The van der Waals surface area contributed by atoms with Crippen LogP contribution in [0.1, 0.15) is 15.9 Å². The van der Waals surface area contributed by atoms with Crippen molar-refractivity contribution in [1.82, 2.24) is 0 Å². The van der Waals surface area contributed by atoms with Crippen molar-refractivity contribution in [2.24, 2.45) is 0 Å². The predicted molar refractivity (Wildman–Crippen MR) is 113 cm³/mol. The van der Waals surface area contributed by atoms with E-state index in [0.717, 1.165) is 0 Å². The maximum atomic E-state index is 12.9. The first-order chi connectivity index (χ1) is 13.5. The fourth-order valence-corrected chi connectivity index (χ4v) is 3.94. The number of carbonyl (C=O) groups excluding carboxylic acids is 2. The van der Waals surface area contributed by atoms with Crippen LogP contribution in [-0.2, 0) is 9.53 Å². The Bertz CT molecular complexity index is 969. The van der Waals surface area contributed by atoms with Crippen molar-refractivity contribution in [3.63, 3.8) is 0 Å². The van der Waals surface area contributed by atoms with Crippen LogP contribution in [0.15, 0.2) is 47.4 Å². The minimum atomic E-state index is -0.443. The Morgan fingerprint density at radius 1 is 1.07 bits per heavy atom. The van der Waals surface area contributed by atoms with Crippen LogP contribution < -0.4 is 14.4 Å². The SMILES string of the molecule is COC(=O)c1ccc(N2C(=O)/C(=C/c3cc(OC)ccc3OC)SC2=S)cc1. The number of hydrogen-bond donors (Lipinski definition) is 0. The Hall–Kier alpha value is -2.84. The monoisotopic (exact) mass is 415 g/mol. The van der Waals surface area contributed by atoms with Gasteiger partial charge in [-0.1, -0.05) is 24.0 Å². The van der Waals surface area contributed by atoms with Crippen LogP contribution >= 0.6 is 24.0 Å². The molecule has 1 fully saturated rings. The Balaban J connectivity index is 1.92. The fraction of sp³-hybridized carbons (Fsp3) is 0.150. The number of thioether (sulfide) groups is 1. The number of carbonyl (C=O) groups is 2. The molecule has 1 saturated heterocycles. The first-order valence-electron chi connectivity index (χ1n) is 8.17. The van der Waals surface area contributed by atoms with Crippen molar-refractivity contribution in [2.45, 2.75) is 0 Å². The zero-order valence-corrected chi connectivity index (χ0v) is 17.1. The summed E-state index contributed by atoms with van der Waals surface area (Å²) in [4.78, 5) is 26.4. The molecule has 1 amide bonds. The number of hydrogen-bond acceptors (Lipinski definition) is 7. The number of benzene rings is 2. The summed E-state index contributed by atoms with van der Waals surface area (Å²) in [6, 6.07) is 11.8. The van der Waals surface area contributed by atoms with E-state index in [1.807, 2.05) is 0 Å². The van der Waals surface area contributed by atoms with E-state index in [9.17, 15) is 9.59 Å². The predicted octanol–water partition coefficient (Wildman–Crippen LogP) is 3.90. The molecule has 1 aliphatic heterocycles. The number of esters is 1. The second-order valence-corrected chi connectivity index (χ2v) is 7.34. The van der Waals surface area contributed by atoms with Crippen LogP contribution in [0.3, 0.4) is 0 Å². The molecule has 0 radical (unpaired) electrons. The van der Waals surface area contributed by atoms with Crippen LogP contribution in [0, 0.1) is 0 Å². The third kappa shape index (κ3) is 3.88. The Labute approximate surface area is 172 Å². The maximum Gasteiger partial charge on any atom is 0.337 e. The summed E-state index contributed by atoms with van der Waals surface area (Å²) in [5.74, 6) is 0.585. The smallest absolute Gasteiger partial charge is 0.337 e. The van der Waals surface area contributed by atoms with Gasteiger partial charge in [0.25, 0.3) is 5.91 Å². The molecular weight excluding hydrogens is 398 g/mol. The lowest BCUT2D eigenvalue weighted by molar-refractivity contribution is -0.113. The second kappa shape index (κ2) is 8.45. The van der Waals surface area contributed by atoms with Gasteiger partial charge in [-0.05, 0) is 48.5 Å². The van der Waals surface area contributed by atoms with Crippen molar-refractivity contribution in [3.05, 3.63) is 58.5 Å². The number of thiocarbonyl (C=S) groups is 1. The molecule has 2 aromatic carbocycles. The van der Waals surface area contributed by atoms with Gasteiger partial charge in [-0.15, -0.1) is 0 Å². The fourth-order valence-electron chi connectivity index (χ4n) is 2.65. The number of methoxy groups -OCH3 is 3. The molecule has 6 nitrogen and oxygen atoms in total. The molecule has 2 aromatic rings. The Kier molecular flexibility index (Phi) is 6.01. The zero-order valence-electron chi connectivity index (χ0n) is 15.4. The molecule has 1 heterocycles. The van der Waals surface area contributed by atoms with Crippen molar-refractivity contribution in [3.8, 4) is 11.5 Å². The molecule has 1 aliphatic rings. The molecule has 0 unspecified atom stereocenters. The molecule has 0 aromatic heterocycles. The average Bonchev–Trinajstić information content (AvgIpc) is 3.00. The highest BCUT2D eigenvalue weighted by Gasteiger charge is 2.33. The first-order valence-corrected chi connectivity index (χ1v) is 9.39. The lowest BCUT2D eigenvalue weighted by atomic mass is 10.1. The van der Waals surface area contributed by atoms with Crippen molar-refractivity contribution >= 4 is 51.9 Å².